The Morgan fingerprint density at radius 1 is 1.32 bits per heavy atom. The molecule has 1 amide bonds. The van der Waals surface area contributed by atoms with Crippen LogP contribution in [-0.2, 0) is 22.8 Å². The number of hydrogen-bond acceptors (Lipinski definition) is 5. The van der Waals surface area contributed by atoms with Crippen molar-refractivity contribution in [3.63, 3.8) is 0 Å². The van der Waals surface area contributed by atoms with Gasteiger partial charge in [-0.2, -0.15) is 0 Å². The minimum Gasteiger partial charge on any atom is -0.479 e. The number of benzene rings is 1. The van der Waals surface area contributed by atoms with E-state index in [-0.39, 0.29) is 17.2 Å². The van der Waals surface area contributed by atoms with Gasteiger partial charge in [-0.05, 0) is 12.5 Å². The Morgan fingerprint density at radius 3 is 2.55 bits per heavy atom. The van der Waals surface area contributed by atoms with E-state index in [1.165, 1.54) is 18.0 Å². The van der Waals surface area contributed by atoms with Crippen LogP contribution in [0.2, 0.25) is 0 Å². The van der Waals surface area contributed by atoms with E-state index in [1.807, 2.05) is 23.8 Å². The van der Waals surface area contributed by atoms with Crippen LogP contribution in [0.15, 0.2) is 30.5 Å². The Balaban J connectivity index is 2.14. The average molecular weight is 323 g/mol. The van der Waals surface area contributed by atoms with Crippen LogP contribution in [0.3, 0.4) is 0 Å². The molecule has 118 valence electrons. The van der Waals surface area contributed by atoms with Crippen LogP contribution in [0.1, 0.15) is 21.5 Å². The number of ether oxygens (including phenoxy) is 1. The van der Waals surface area contributed by atoms with Crippen LogP contribution < -0.4 is 9.46 Å². The predicted molar refractivity (Wildman–Crippen MR) is 81.0 cm³/mol. The highest BCUT2D eigenvalue weighted by atomic mass is 32.2. The normalized spacial score (nSPS) is 11.2. The van der Waals surface area contributed by atoms with Crippen molar-refractivity contribution in [1.29, 1.82) is 0 Å². The van der Waals surface area contributed by atoms with E-state index in [9.17, 15) is 13.2 Å². The lowest BCUT2D eigenvalue weighted by molar-refractivity contribution is 0.0978. The molecular weight excluding hydrogens is 306 g/mol. The fraction of sp³-hybridized carbons (Fsp3) is 0.286. The van der Waals surface area contributed by atoms with Crippen molar-refractivity contribution in [3.05, 3.63) is 47.2 Å². The third-order valence-corrected chi connectivity index (χ3v) is 4.17. The number of aromatic nitrogens is 2. The molecule has 1 aromatic carbocycles. The summed E-state index contributed by atoms with van der Waals surface area (Å²) >= 11 is 0. The fourth-order valence-electron chi connectivity index (χ4n) is 1.91. The predicted octanol–water partition coefficient (Wildman–Crippen LogP) is 0.997. The first-order valence-corrected chi connectivity index (χ1v) is 8.14. The van der Waals surface area contributed by atoms with E-state index >= 15 is 0 Å². The quantitative estimate of drug-likeness (QED) is 0.886. The third kappa shape index (κ3) is 3.85. The lowest BCUT2D eigenvalue weighted by Gasteiger charge is -2.07. The second-order valence-electron chi connectivity index (χ2n) is 4.90. The van der Waals surface area contributed by atoms with E-state index in [4.69, 9.17) is 4.74 Å². The first kappa shape index (κ1) is 16.0. The van der Waals surface area contributed by atoms with Crippen LogP contribution in [0.5, 0.6) is 5.88 Å². The maximum Gasteiger partial charge on any atom is 0.271 e. The number of methoxy groups -OCH3 is 1. The van der Waals surface area contributed by atoms with Gasteiger partial charge in [-0.3, -0.25) is 9.48 Å². The first-order valence-electron chi connectivity index (χ1n) is 6.49. The highest BCUT2D eigenvalue weighted by Crippen LogP contribution is 2.15. The summed E-state index contributed by atoms with van der Waals surface area (Å²) in [6.45, 7) is 1.91. The van der Waals surface area contributed by atoms with Crippen molar-refractivity contribution in [2.45, 2.75) is 12.7 Å². The van der Waals surface area contributed by atoms with Gasteiger partial charge in [-0.25, -0.2) is 13.1 Å². The second-order valence-corrected chi connectivity index (χ2v) is 6.62. The molecule has 22 heavy (non-hydrogen) atoms. The molecule has 2 aromatic rings. The third-order valence-electron chi connectivity index (χ3n) is 2.96. The van der Waals surface area contributed by atoms with Crippen molar-refractivity contribution in [2.24, 2.45) is 7.05 Å². The lowest BCUT2D eigenvalue weighted by atomic mass is 10.2. The molecule has 0 saturated heterocycles. The Hall–Kier alpha value is -2.35. The van der Waals surface area contributed by atoms with Crippen LogP contribution >= 0.6 is 0 Å². The average Bonchev–Trinajstić information content (AvgIpc) is 2.82. The maximum absolute atomic E-state index is 12.1. The fourth-order valence-corrected chi connectivity index (χ4v) is 3.01. The van der Waals surface area contributed by atoms with Crippen molar-refractivity contribution < 1.29 is 17.9 Å². The van der Waals surface area contributed by atoms with Gasteiger partial charge in [0.15, 0.2) is 0 Å². The summed E-state index contributed by atoms with van der Waals surface area (Å²) in [7, 11) is -0.830. The zero-order chi connectivity index (χ0) is 16.3. The van der Waals surface area contributed by atoms with E-state index in [0.717, 1.165) is 5.56 Å². The molecule has 1 aromatic heterocycles. The number of amides is 1. The standard InChI is InChI=1S/C14H17N3O4S/c1-10-4-6-11(7-5-10)9-22(19,20)16-13(18)12-8-17(2)15-14(12)21-3/h4-8H,9H2,1-3H3,(H,16,18). The molecule has 0 aliphatic rings. The summed E-state index contributed by atoms with van der Waals surface area (Å²) in [5.74, 6) is -0.968. The minimum absolute atomic E-state index is 0.0671. The number of carbonyl (C=O) groups excluding carboxylic acids is 1. The van der Waals surface area contributed by atoms with Crippen LogP contribution in [0.25, 0.3) is 0 Å². The van der Waals surface area contributed by atoms with Gasteiger partial charge in [0.05, 0.1) is 12.9 Å². The first-order chi connectivity index (χ1) is 10.3. The zero-order valence-corrected chi connectivity index (χ0v) is 13.3. The van der Waals surface area contributed by atoms with Crippen molar-refractivity contribution >= 4 is 15.9 Å². The van der Waals surface area contributed by atoms with Crippen LogP contribution in [0, 0.1) is 6.92 Å². The Bertz CT molecular complexity index is 779. The molecule has 8 heteroatoms. The molecular formula is C14H17N3O4S. The molecule has 0 saturated carbocycles. The van der Waals surface area contributed by atoms with Gasteiger partial charge in [0, 0.05) is 13.2 Å². The number of sulfonamides is 1. The summed E-state index contributed by atoms with van der Waals surface area (Å²) in [6.07, 6.45) is 1.40. The van der Waals surface area contributed by atoms with E-state index in [1.54, 1.807) is 19.2 Å². The number of aryl methyl sites for hydroxylation is 2. The molecule has 2 rings (SSSR count). The lowest BCUT2D eigenvalue weighted by Crippen LogP contribution is -2.31. The largest absolute Gasteiger partial charge is 0.479 e. The Kier molecular flexibility index (Phi) is 4.51. The summed E-state index contributed by atoms with van der Waals surface area (Å²) in [5, 5.41) is 3.91. The van der Waals surface area contributed by atoms with Gasteiger partial charge in [-0.15, -0.1) is 5.10 Å². The van der Waals surface area contributed by atoms with Gasteiger partial charge in [0.25, 0.3) is 5.91 Å². The van der Waals surface area contributed by atoms with Gasteiger partial charge < -0.3 is 4.74 Å². The van der Waals surface area contributed by atoms with Crippen molar-refractivity contribution in [3.8, 4) is 5.88 Å². The molecule has 7 nitrogen and oxygen atoms in total. The van der Waals surface area contributed by atoms with Gasteiger partial charge in [0.2, 0.25) is 15.9 Å². The molecule has 1 N–H and O–H groups in total. The van der Waals surface area contributed by atoms with Gasteiger partial charge in [0.1, 0.15) is 5.56 Å². The number of carbonyl (C=O) groups is 1. The molecule has 0 aliphatic carbocycles. The van der Waals surface area contributed by atoms with Crippen LogP contribution in [0.4, 0.5) is 0 Å². The minimum atomic E-state index is -3.80. The molecule has 0 unspecified atom stereocenters. The number of rotatable bonds is 5. The Labute approximate surface area is 129 Å². The maximum atomic E-state index is 12.1. The summed E-state index contributed by atoms with van der Waals surface area (Å²) in [5.41, 5.74) is 1.70. The van der Waals surface area contributed by atoms with E-state index < -0.39 is 15.9 Å². The summed E-state index contributed by atoms with van der Waals surface area (Å²) in [4.78, 5) is 12.1. The number of nitrogens with one attached hydrogen (secondary N) is 1. The smallest absolute Gasteiger partial charge is 0.271 e. The molecule has 0 bridgehead atoms. The summed E-state index contributed by atoms with van der Waals surface area (Å²) in [6, 6.07) is 7.06. The summed E-state index contributed by atoms with van der Waals surface area (Å²) < 4.78 is 32.5. The number of hydrogen-bond donors (Lipinski definition) is 1. The topological polar surface area (TPSA) is 90.3 Å². The molecule has 0 aliphatic heterocycles. The second kappa shape index (κ2) is 6.18. The van der Waals surface area contributed by atoms with E-state index in [2.05, 4.69) is 5.10 Å². The van der Waals surface area contributed by atoms with E-state index in [0.29, 0.717) is 5.56 Å². The SMILES string of the molecule is COc1nn(C)cc1C(=O)NS(=O)(=O)Cc1ccc(C)cc1. The van der Waals surface area contributed by atoms with Crippen molar-refractivity contribution in [1.82, 2.24) is 14.5 Å². The molecule has 0 atom stereocenters. The van der Waals surface area contributed by atoms with Crippen LogP contribution in [-0.4, -0.2) is 31.2 Å². The molecule has 0 spiro atoms. The number of nitrogens with zero attached hydrogens (tertiary/aromatic N) is 2. The molecule has 0 radical (unpaired) electrons. The monoisotopic (exact) mass is 323 g/mol. The zero-order valence-electron chi connectivity index (χ0n) is 12.5. The highest BCUT2D eigenvalue weighted by Gasteiger charge is 2.22. The van der Waals surface area contributed by atoms with Gasteiger partial charge in [-0.1, -0.05) is 29.8 Å². The highest BCUT2D eigenvalue weighted by molar-refractivity contribution is 7.89. The molecule has 1 heterocycles. The molecule has 0 fully saturated rings. The van der Waals surface area contributed by atoms with Gasteiger partial charge >= 0.3 is 0 Å². The Morgan fingerprint density at radius 2 is 1.95 bits per heavy atom. The van der Waals surface area contributed by atoms with Crippen molar-refractivity contribution in [2.75, 3.05) is 7.11 Å².